The molecule has 2 aromatic heterocycles. The van der Waals surface area contributed by atoms with Gasteiger partial charge >= 0.3 is 6.18 Å². The molecule has 42 heavy (non-hydrogen) atoms. The van der Waals surface area contributed by atoms with E-state index >= 15 is 0 Å². The number of halogens is 3. The predicted octanol–water partition coefficient (Wildman–Crippen LogP) is 7.47. The Morgan fingerprint density at radius 3 is 2.69 bits per heavy atom. The predicted molar refractivity (Wildman–Crippen MR) is 157 cm³/mol. The third-order valence-corrected chi connectivity index (χ3v) is 7.96. The molecule has 1 unspecified atom stereocenters. The average molecular weight is 573 g/mol. The molecule has 0 N–H and O–H groups in total. The fourth-order valence-corrected chi connectivity index (χ4v) is 5.78. The molecule has 8 heteroatoms. The Kier molecular flexibility index (Phi) is 9.12. The number of benzene rings is 2. The van der Waals surface area contributed by atoms with E-state index in [4.69, 9.17) is 0 Å². The van der Waals surface area contributed by atoms with Gasteiger partial charge in [0.1, 0.15) is 5.82 Å². The van der Waals surface area contributed by atoms with Crippen molar-refractivity contribution >= 4 is 5.78 Å². The second-order valence-electron chi connectivity index (χ2n) is 11.1. The molecule has 1 aliphatic heterocycles. The zero-order valence-electron chi connectivity index (χ0n) is 24.0. The zero-order chi connectivity index (χ0) is 29.7. The topological polar surface area (TPSA) is 59.0 Å². The van der Waals surface area contributed by atoms with Crippen LogP contribution in [0.15, 0.2) is 73.2 Å². The molecule has 2 aromatic carbocycles. The summed E-state index contributed by atoms with van der Waals surface area (Å²) in [5.41, 5.74) is 3.75. The summed E-state index contributed by atoms with van der Waals surface area (Å²) in [6.07, 6.45) is 3.65. The molecule has 5 rings (SSSR count). The van der Waals surface area contributed by atoms with Crippen molar-refractivity contribution in [3.8, 4) is 11.3 Å². The number of alkyl halides is 3. The number of Topliss-reactive ketones (excluding diaryl/α,β-unsaturated/α-hetero) is 1. The molecule has 0 radical (unpaired) electrons. The highest BCUT2D eigenvalue weighted by Gasteiger charge is 2.36. The molecule has 3 heterocycles. The van der Waals surface area contributed by atoms with Gasteiger partial charge in [-0.05, 0) is 91.7 Å². The molecule has 0 spiro atoms. The highest BCUT2D eigenvalue weighted by molar-refractivity contribution is 5.99. The van der Waals surface area contributed by atoms with Crippen LogP contribution >= 0.6 is 0 Å². The molecule has 1 atom stereocenters. The maximum atomic E-state index is 14.2. The molecular formula is C34H35F3N4O. The Hall–Kier alpha value is -3.91. The number of hydrogen-bond acceptors (Lipinski definition) is 5. The summed E-state index contributed by atoms with van der Waals surface area (Å²) in [7, 11) is 0. The van der Waals surface area contributed by atoms with Gasteiger partial charge in [0, 0.05) is 49.1 Å². The summed E-state index contributed by atoms with van der Waals surface area (Å²) < 4.78 is 42.7. The summed E-state index contributed by atoms with van der Waals surface area (Å²) in [6.45, 7) is 6.74. The van der Waals surface area contributed by atoms with E-state index in [2.05, 4.69) is 26.8 Å². The zero-order valence-corrected chi connectivity index (χ0v) is 24.0. The molecule has 1 fully saturated rings. The maximum absolute atomic E-state index is 14.2. The lowest BCUT2D eigenvalue weighted by Crippen LogP contribution is -2.35. The highest BCUT2D eigenvalue weighted by atomic mass is 19.4. The van der Waals surface area contributed by atoms with Gasteiger partial charge in [0.2, 0.25) is 0 Å². The third kappa shape index (κ3) is 7.10. The smallest absolute Gasteiger partial charge is 0.303 e. The van der Waals surface area contributed by atoms with Crippen LogP contribution in [-0.4, -0.2) is 45.3 Å². The van der Waals surface area contributed by atoms with E-state index in [0.29, 0.717) is 23.4 Å². The van der Waals surface area contributed by atoms with Crippen LogP contribution in [0.1, 0.15) is 76.1 Å². The molecule has 4 aromatic rings. The van der Waals surface area contributed by atoms with E-state index in [-0.39, 0.29) is 17.9 Å². The standard InChI is InChI=1S/C34H35F3N4O/c1-3-15-41-16-5-7-27(22-41)25-10-11-29(30(19-25)34(35,36)37)32(42)18-24-9-8-23(2)28(17-24)20-33-39-14-12-31(40-33)26-6-4-13-38-21-26/h4,6,8-14,17,19,21,27H,3,5,7,15-16,18,20,22H2,1-2H3. The molecule has 1 saturated heterocycles. The quantitative estimate of drug-likeness (QED) is 0.195. The Balaban J connectivity index is 1.35. The monoisotopic (exact) mass is 572 g/mol. The normalized spacial score (nSPS) is 16.0. The largest absolute Gasteiger partial charge is 0.417 e. The van der Waals surface area contributed by atoms with Crippen LogP contribution in [0, 0.1) is 6.92 Å². The minimum Gasteiger partial charge on any atom is -0.303 e. The van der Waals surface area contributed by atoms with Crippen LogP contribution in [-0.2, 0) is 19.0 Å². The van der Waals surface area contributed by atoms with Gasteiger partial charge in [-0.25, -0.2) is 9.97 Å². The number of hydrogen-bond donors (Lipinski definition) is 0. The Labute approximate surface area is 244 Å². The number of piperidine rings is 1. The number of aromatic nitrogens is 3. The first-order chi connectivity index (χ1) is 20.2. The van der Waals surface area contributed by atoms with E-state index < -0.39 is 17.5 Å². The van der Waals surface area contributed by atoms with Crippen LogP contribution < -0.4 is 0 Å². The minimum absolute atomic E-state index is 0.0362. The molecule has 0 bridgehead atoms. The molecule has 1 aliphatic rings. The van der Waals surface area contributed by atoms with Crippen LogP contribution in [0.5, 0.6) is 0 Å². The molecule has 218 valence electrons. The van der Waals surface area contributed by atoms with Crippen molar-refractivity contribution < 1.29 is 18.0 Å². The number of rotatable bonds is 9. The summed E-state index contributed by atoms with van der Waals surface area (Å²) in [4.78, 5) is 28.9. The van der Waals surface area contributed by atoms with Crippen molar-refractivity contribution in [1.29, 1.82) is 0 Å². The van der Waals surface area contributed by atoms with Crippen molar-refractivity contribution in [3.63, 3.8) is 0 Å². The van der Waals surface area contributed by atoms with E-state index in [1.807, 2.05) is 37.3 Å². The molecule has 5 nitrogen and oxygen atoms in total. The van der Waals surface area contributed by atoms with Gasteiger partial charge < -0.3 is 4.90 Å². The van der Waals surface area contributed by atoms with Gasteiger partial charge in [0.05, 0.1) is 11.3 Å². The minimum atomic E-state index is -4.62. The maximum Gasteiger partial charge on any atom is 0.417 e. The first-order valence-electron chi connectivity index (χ1n) is 14.5. The van der Waals surface area contributed by atoms with Crippen LogP contribution in [0.3, 0.4) is 0 Å². The Bertz CT molecular complexity index is 1540. The number of pyridine rings is 1. The summed E-state index contributed by atoms with van der Waals surface area (Å²) in [5.74, 6) is 0.0990. The van der Waals surface area contributed by atoms with Gasteiger partial charge in [0.25, 0.3) is 0 Å². The third-order valence-electron chi connectivity index (χ3n) is 7.96. The fourth-order valence-electron chi connectivity index (χ4n) is 5.78. The summed E-state index contributed by atoms with van der Waals surface area (Å²) >= 11 is 0. The van der Waals surface area contributed by atoms with Crippen molar-refractivity contribution in [2.45, 2.75) is 58.0 Å². The number of likely N-dealkylation sites (tertiary alicyclic amines) is 1. The van der Waals surface area contributed by atoms with E-state index in [9.17, 15) is 18.0 Å². The van der Waals surface area contributed by atoms with Gasteiger partial charge in [-0.2, -0.15) is 13.2 Å². The number of aryl methyl sites for hydroxylation is 1. The number of ketones is 1. The lowest BCUT2D eigenvalue weighted by molar-refractivity contribution is -0.138. The number of carbonyl (C=O) groups excluding carboxylic acids is 1. The van der Waals surface area contributed by atoms with Gasteiger partial charge in [-0.15, -0.1) is 0 Å². The fraction of sp³-hybridized carbons (Fsp3) is 0.353. The van der Waals surface area contributed by atoms with Crippen LogP contribution in [0.25, 0.3) is 11.3 Å². The lowest BCUT2D eigenvalue weighted by atomic mass is 9.87. The van der Waals surface area contributed by atoms with Crippen molar-refractivity contribution in [2.75, 3.05) is 19.6 Å². The first kappa shape index (κ1) is 29.6. The van der Waals surface area contributed by atoms with Gasteiger partial charge in [-0.3, -0.25) is 9.78 Å². The Morgan fingerprint density at radius 1 is 1.07 bits per heavy atom. The second kappa shape index (κ2) is 12.9. The molecule has 0 amide bonds. The van der Waals surface area contributed by atoms with Crippen LogP contribution in [0.4, 0.5) is 13.2 Å². The molecular weight excluding hydrogens is 537 g/mol. The molecule has 0 aliphatic carbocycles. The lowest BCUT2D eigenvalue weighted by Gasteiger charge is -2.33. The van der Waals surface area contributed by atoms with Crippen LogP contribution in [0.2, 0.25) is 0 Å². The Morgan fingerprint density at radius 2 is 1.93 bits per heavy atom. The van der Waals surface area contributed by atoms with Crippen molar-refractivity contribution in [2.24, 2.45) is 0 Å². The molecule has 0 saturated carbocycles. The SMILES string of the molecule is CCCN1CCCC(c2ccc(C(=O)Cc3ccc(C)c(Cc4nccc(-c5cccnc5)n4)c3)c(C(F)(F)F)c2)C1. The highest BCUT2D eigenvalue weighted by Crippen LogP contribution is 2.36. The van der Waals surface area contributed by atoms with E-state index in [1.54, 1.807) is 30.7 Å². The van der Waals surface area contributed by atoms with E-state index in [0.717, 1.165) is 61.3 Å². The first-order valence-corrected chi connectivity index (χ1v) is 14.5. The van der Waals surface area contributed by atoms with Gasteiger partial charge in [-0.1, -0.05) is 37.3 Å². The number of nitrogens with zero attached hydrogens (tertiary/aromatic N) is 4. The van der Waals surface area contributed by atoms with Crippen molar-refractivity contribution in [1.82, 2.24) is 19.9 Å². The number of carbonyl (C=O) groups is 1. The van der Waals surface area contributed by atoms with Gasteiger partial charge in [0.15, 0.2) is 5.78 Å². The average Bonchev–Trinajstić information content (AvgIpc) is 2.99. The summed E-state index contributed by atoms with van der Waals surface area (Å²) in [6, 6.07) is 15.5. The van der Waals surface area contributed by atoms with E-state index in [1.165, 1.54) is 12.1 Å². The summed E-state index contributed by atoms with van der Waals surface area (Å²) in [5, 5.41) is 0. The van der Waals surface area contributed by atoms with Crippen molar-refractivity contribution in [3.05, 3.63) is 112 Å². The second-order valence-corrected chi connectivity index (χ2v) is 11.1.